The second-order valence-corrected chi connectivity index (χ2v) is 4.77. The number of nitrogens with one attached hydrogen (secondary N) is 1. The van der Waals surface area contributed by atoms with Gasteiger partial charge in [-0.25, -0.2) is 4.39 Å². The van der Waals surface area contributed by atoms with Crippen LogP contribution in [0.15, 0.2) is 18.2 Å². The van der Waals surface area contributed by atoms with E-state index in [0.29, 0.717) is 0 Å². The van der Waals surface area contributed by atoms with Gasteiger partial charge in [0.15, 0.2) is 0 Å². The van der Waals surface area contributed by atoms with Crippen LogP contribution in [0.5, 0.6) is 0 Å². The number of benzene rings is 1. The molecule has 18 heavy (non-hydrogen) atoms. The Hall–Kier alpha value is -1.59. The normalized spacial score (nSPS) is 30.0. The molecule has 6 heteroatoms. The van der Waals surface area contributed by atoms with E-state index in [9.17, 15) is 22.4 Å². The molecule has 1 aromatic carbocycles. The summed E-state index contributed by atoms with van der Waals surface area (Å²) in [6, 6.07) is 2.89. The van der Waals surface area contributed by atoms with Crippen molar-refractivity contribution in [2.45, 2.75) is 24.2 Å². The average molecular weight is 259 g/mol. The van der Waals surface area contributed by atoms with E-state index in [1.807, 2.05) is 0 Å². The minimum Gasteiger partial charge on any atom is -0.351 e. The van der Waals surface area contributed by atoms with Gasteiger partial charge in [-0.2, -0.15) is 13.2 Å². The molecule has 1 heterocycles. The molecule has 1 amide bonds. The van der Waals surface area contributed by atoms with Gasteiger partial charge in [0.2, 0.25) is 0 Å². The quantitative estimate of drug-likeness (QED) is 0.712. The van der Waals surface area contributed by atoms with Crippen molar-refractivity contribution in [2.75, 3.05) is 6.54 Å². The summed E-state index contributed by atoms with van der Waals surface area (Å²) in [5.41, 5.74) is -1.44. The zero-order chi connectivity index (χ0) is 13.1. The molecular formula is C12H9F4NO. The predicted octanol–water partition coefficient (Wildman–Crippen LogP) is 2.43. The summed E-state index contributed by atoms with van der Waals surface area (Å²) < 4.78 is 51.3. The molecule has 1 N–H and O–H groups in total. The maximum absolute atomic E-state index is 13.5. The Kier molecular flexibility index (Phi) is 2.07. The van der Waals surface area contributed by atoms with Gasteiger partial charge in [-0.15, -0.1) is 0 Å². The Morgan fingerprint density at radius 2 is 2.00 bits per heavy atom. The second kappa shape index (κ2) is 3.24. The van der Waals surface area contributed by atoms with E-state index in [1.165, 1.54) is 0 Å². The number of alkyl halides is 4. The molecule has 1 spiro atoms. The fourth-order valence-corrected chi connectivity index (χ4v) is 2.48. The van der Waals surface area contributed by atoms with Gasteiger partial charge in [0.05, 0.1) is 5.56 Å². The fraction of sp³-hybridized carbons (Fsp3) is 0.417. The topological polar surface area (TPSA) is 29.1 Å². The molecule has 1 saturated carbocycles. The van der Waals surface area contributed by atoms with Crippen molar-refractivity contribution >= 4 is 5.91 Å². The third-order valence-electron chi connectivity index (χ3n) is 3.68. The monoisotopic (exact) mass is 259 g/mol. The van der Waals surface area contributed by atoms with Crippen LogP contribution in [-0.4, -0.2) is 18.6 Å². The molecule has 2 nitrogen and oxygen atoms in total. The molecule has 0 aromatic heterocycles. The first-order chi connectivity index (χ1) is 8.34. The van der Waals surface area contributed by atoms with Crippen molar-refractivity contribution < 1.29 is 22.4 Å². The Balaban J connectivity index is 2.15. The van der Waals surface area contributed by atoms with Crippen LogP contribution in [0, 0.1) is 0 Å². The molecule has 0 bridgehead atoms. The van der Waals surface area contributed by atoms with Gasteiger partial charge in [-0.1, -0.05) is 0 Å². The van der Waals surface area contributed by atoms with Crippen molar-refractivity contribution in [3.05, 3.63) is 34.9 Å². The predicted molar refractivity (Wildman–Crippen MR) is 55.0 cm³/mol. The number of hydrogen-bond donors (Lipinski definition) is 1. The molecule has 1 aromatic rings. The number of amides is 1. The standard InChI is InChI=1S/C12H9F4NO/c13-9-4-11(9)5-17-10(18)7-2-1-6(3-8(7)11)12(14,15)16/h1-3,9H,4-5H2,(H,17,18). The Morgan fingerprint density at radius 1 is 1.33 bits per heavy atom. The Labute approximate surface area is 100.0 Å². The zero-order valence-corrected chi connectivity index (χ0v) is 9.14. The van der Waals surface area contributed by atoms with Crippen LogP contribution >= 0.6 is 0 Å². The summed E-state index contributed by atoms with van der Waals surface area (Å²) in [6.07, 6.45) is -5.49. The molecule has 0 saturated heterocycles. The van der Waals surface area contributed by atoms with Crippen molar-refractivity contribution in [3.8, 4) is 0 Å². The van der Waals surface area contributed by atoms with Gasteiger partial charge < -0.3 is 5.32 Å². The fourth-order valence-electron chi connectivity index (χ4n) is 2.48. The van der Waals surface area contributed by atoms with E-state index in [-0.39, 0.29) is 24.1 Å². The van der Waals surface area contributed by atoms with E-state index in [0.717, 1.165) is 18.2 Å². The first-order valence-corrected chi connectivity index (χ1v) is 5.48. The number of halogens is 4. The van der Waals surface area contributed by atoms with Crippen LogP contribution in [0.1, 0.15) is 27.9 Å². The van der Waals surface area contributed by atoms with Crippen LogP contribution in [-0.2, 0) is 11.6 Å². The average Bonchev–Trinajstić information content (AvgIpc) is 2.95. The van der Waals surface area contributed by atoms with Crippen molar-refractivity contribution in [1.82, 2.24) is 5.32 Å². The van der Waals surface area contributed by atoms with E-state index in [2.05, 4.69) is 5.32 Å². The summed E-state index contributed by atoms with van der Waals surface area (Å²) in [6.45, 7) is 0.0707. The molecule has 0 radical (unpaired) electrons. The number of fused-ring (bicyclic) bond motifs is 2. The van der Waals surface area contributed by atoms with Crippen LogP contribution in [0.25, 0.3) is 0 Å². The third kappa shape index (κ3) is 1.44. The van der Waals surface area contributed by atoms with Gasteiger partial charge in [-0.05, 0) is 30.2 Å². The van der Waals surface area contributed by atoms with Gasteiger partial charge in [0.25, 0.3) is 5.91 Å². The lowest BCUT2D eigenvalue weighted by molar-refractivity contribution is -0.137. The molecule has 2 aliphatic rings. The third-order valence-corrected chi connectivity index (χ3v) is 3.68. The van der Waals surface area contributed by atoms with Gasteiger partial charge >= 0.3 is 6.18 Å². The lowest BCUT2D eigenvalue weighted by atomic mass is 9.86. The number of carbonyl (C=O) groups excluding carboxylic acids is 1. The van der Waals surface area contributed by atoms with Crippen LogP contribution < -0.4 is 5.32 Å². The van der Waals surface area contributed by atoms with Gasteiger partial charge in [0, 0.05) is 17.5 Å². The Morgan fingerprint density at radius 3 is 2.56 bits per heavy atom. The highest BCUT2D eigenvalue weighted by molar-refractivity contribution is 5.98. The van der Waals surface area contributed by atoms with E-state index < -0.39 is 29.2 Å². The largest absolute Gasteiger partial charge is 0.416 e. The zero-order valence-electron chi connectivity index (χ0n) is 9.14. The van der Waals surface area contributed by atoms with Crippen molar-refractivity contribution in [1.29, 1.82) is 0 Å². The highest BCUT2D eigenvalue weighted by Crippen LogP contribution is 2.53. The summed E-state index contributed by atoms with van der Waals surface area (Å²) in [4.78, 5) is 11.6. The van der Waals surface area contributed by atoms with Crippen molar-refractivity contribution in [2.24, 2.45) is 0 Å². The molecule has 2 atom stereocenters. The Bertz CT molecular complexity index is 539. The van der Waals surface area contributed by atoms with E-state index in [1.54, 1.807) is 0 Å². The number of rotatable bonds is 0. The molecule has 1 aliphatic heterocycles. The first kappa shape index (κ1) is 11.5. The molecule has 1 aliphatic carbocycles. The molecule has 2 unspecified atom stereocenters. The maximum atomic E-state index is 13.5. The molecular weight excluding hydrogens is 250 g/mol. The SMILES string of the molecule is O=C1NCC2(CC2F)c2cc(C(F)(F)F)ccc21. The minimum absolute atomic E-state index is 0.0707. The lowest BCUT2D eigenvalue weighted by Crippen LogP contribution is -2.40. The summed E-state index contributed by atoms with van der Waals surface area (Å²) in [5.74, 6) is -0.441. The lowest BCUT2D eigenvalue weighted by Gasteiger charge is -2.26. The van der Waals surface area contributed by atoms with E-state index in [4.69, 9.17) is 0 Å². The van der Waals surface area contributed by atoms with E-state index >= 15 is 0 Å². The summed E-state index contributed by atoms with van der Waals surface area (Å²) >= 11 is 0. The van der Waals surface area contributed by atoms with Gasteiger partial charge in [-0.3, -0.25) is 4.79 Å². The van der Waals surface area contributed by atoms with Crippen LogP contribution in [0.2, 0.25) is 0 Å². The molecule has 1 fully saturated rings. The van der Waals surface area contributed by atoms with Crippen LogP contribution in [0.3, 0.4) is 0 Å². The summed E-state index contributed by atoms with van der Waals surface area (Å²) in [7, 11) is 0. The number of hydrogen-bond acceptors (Lipinski definition) is 1. The van der Waals surface area contributed by atoms with Crippen molar-refractivity contribution in [3.63, 3.8) is 0 Å². The maximum Gasteiger partial charge on any atom is 0.416 e. The summed E-state index contributed by atoms with van der Waals surface area (Å²) in [5, 5.41) is 2.52. The highest BCUT2D eigenvalue weighted by atomic mass is 19.4. The minimum atomic E-state index is -4.48. The van der Waals surface area contributed by atoms with Gasteiger partial charge in [0.1, 0.15) is 6.17 Å². The first-order valence-electron chi connectivity index (χ1n) is 5.48. The van der Waals surface area contributed by atoms with Crippen LogP contribution in [0.4, 0.5) is 17.6 Å². The smallest absolute Gasteiger partial charge is 0.351 e. The second-order valence-electron chi connectivity index (χ2n) is 4.77. The molecule has 96 valence electrons. The number of carbonyl (C=O) groups is 1. The highest BCUT2D eigenvalue weighted by Gasteiger charge is 2.59. The molecule has 3 rings (SSSR count).